The molecule has 0 aromatic heterocycles. The number of benzene rings is 2. The maximum Gasteiger partial charge on any atom is 0.416 e. The molecule has 2 heterocycles. The van der Waals surface area contributed by atoms with Gasteiger partial charge in [-0.25, -0.2) is 19.4 Å². The molecule has 38 heavy (non-hydrogen) atoms. The molecule has 0 radical (unpaired) electrons. The molecule has 14 heteroatoms. The highest BCUT2D eigenvalue weighted by Gasteiger charge is 2.69. The topological polar surface area (TPSA) is 127 Å². The molecule has 0 saturated carbocycles. The number of nitrogens with zero attached hydrogens (tertiary/aromatic N) is 2. The Bertz CT molecular complexity index is 1290. The summed E-state index contributed by atoms with van der Waals surface area (Å²) in [7, 11) is 0. The van der Waals surface area contributed by atoms with Crippen molar-refractivity contribution in [2.45, 2.75) is 11.8 Å². The molecule has 0 N–H and O–H groups in total. The number of hydrogen-bond acceptors (Lipinski definition) is 8. The molecule has 0 saturated heterocycles. The molecule has 194 valence electrons. The van der Waals surface area contributed by atoms with E-state index < -0.39 is 58.9 Å². The zero-order valence-electron chi connectivity index (χ0n) is 18.6. The lowest BCUT2D eigenvalue weighted by Gasteiger charge is -2.23. The van der Waals surface area contributed by atoms with Crippen molar-refractivity contribution in [1.29, 1.82) is 0 Å². The van der Waals surface area contributed by atoms with Gasteiger partial charge in [-0.15, -0.1) is 0 Å². The van der Waals surface area contributed by atoms with E-state index >= 15 is 0 Å². The summed E-state index contributed by atoms with van der Waals surface area (Å²) in [5.41, 5.74) is -0.0163. The second kappa shape index (κ2) is 9.38. The minimum atomic E-state index is -5.67. The number of ether oxygens (including phenoxy) is 2. The number of anilines is 2. The van der Waals surface area contributed by atoms with Crippen LogP contribution in [0.25, 0.3) is 0 Å². The van der Waals surface area contributed by atoms with Gasteiger partial charge >= 0.3 is 23.8 Å². The largest absolute Gasteiger partial charge is 0.422 e. The van der Waals surface area contributed by atoms with Gasteiger partial charge in [0.2, 0.25) is 0 Å². The van der Waals surface area contributed by atoms with Crippen LogP contribution in [0.3, 0.4) is 0 Å². The molecule has 2 aromatic rings. The first kappa shape index (κ1) is 25.9. The number of carbonyl (C=O) groups excluding carboxylic acids is 6. The number of hydrogen-bond donors (Lipinski definition) is 0. The van der Waals surface area contributed by atoms with Gasteiger partial charge in [0.25, 0.3) is 23.6 Å². The average molecular weight is 532 g/mol. The third-order valence-electron chi connectivity index (χ3n) is 5.14. The van der Waals surface area contributed by atoms with Crippen LogP contribution in [0.1, 0.15) is 0 Å². The lowest BCUT2D eigenvalue weighted by Crippen LogP contribution is -2.55. The standard InChI is InChI=1S/C24H12F4N2O8/c25-23(26,21(35)37-15-5-1-13(2-6-15)29-17(31)9-10-18(29)32)24(27,28)22(36)38-16-7-3-14(4-8-16)30-19(33)11-12-20(30)34/h1-12H. The van der Waals surface area contributed by atoms with Crippen molar-refractivity contribution in [1.82, 2.24) is 0 Å². The smallest absolute Gasteiger partial charge is 0.416 e. The third-order valence-corrected chi connectivity index (χ3v) is 5.14. The fourth-order valence-corrected chi connectivity index (χ4v) is 3.23. The van der Waals surface area contributed by atoms with Crippen molar-refractivity contribution in [3.63, 3.8) is 0 Å². The van der Waals surface area contributed by atoms with Crippen molar-refractivity contribution >= 4 is 46.9 Å². The minimum absolute atomic E-state index is 0.00814. The van der Waals surface area contributed by atoms with Crippen LogP contribution >= 0.6 is 0 Å². The molecule has 10 nitrogen and oxygen atoms in total. The van der Waals surface area contributed by atoms with Crippen LogP contribution in [0.2, 0.25) is 0 Å². The monoisotopic (exact) mass is 532 g/mol. The highest BCUT2D eigenvalue weighted by molar-refractivity contribution is 6.28. The Morgan fingerprint density at radius 1 is 0.526 bits per heavy atom. The van der Waals surface area contributed by atoms with Crippen molar-refractivity contribution < 1.29 is 55.8 Å². The van der Waals surface area contributed by atoms with Crippen molar-refractivity contribution in [3.8, 4) is 11.5 Å². The van der Waals surface area contributed by atoms with Crippen LogP contribution in [-0.2, 0) is 28.8 Å². The Balaban J connectivity index is 1.42. The fraction of sp³-hybridized carbons (Fsp3) is 0.0833. The molecular weight excluding hydrogens is 520 g/mol. The van der Waals surface area contributed by atoms with Crippen molar-refractivity contribution in [3.05, 3.63) is 72.8 Å². The first-order chi connectivity index (χ1) is 17.8. The molecule has 0 spiro atoms. The molecule has 2 aromatic carbocycles. The molecule has 0 aliphatic carbocycles. The van der Waals surface area contributed by atoms with Gasteiger partial charge in [-0.05, 0) is 48.5 Å². The summed E-state index contributed by atoms with van der Waals surface area (Å²) >= 11 is 0. The van der Waals surface area contributed by atoms with E-state index in [1.807, 2.05) is 0 Å². The number of halogens is 4. The van der Waals surface area contributed by atoms with E-state index in [1.54, 1.807) is 0 Å². The van der Waals surface area contributed by atoms with Gasteiger partial charge in [0.05, 0.1) is 11.4 Å². The molecule has 4 rings (SSSR count). The summed E-state index contributed by atoms with van der Waals surface area (Å²) in [6.45, 7) is 0. The minimum Gasteiger partial charge on any atom is -0.422 e. The molecule has 0 unspecified atom stereocenters. The Labute approximate surface area is 209 Å². The van der Waals surface area contributed by atoms with Gasteiger partial charge in [-0.2, -0.15) is 17.6 Å². The van der Waals surface area contributed by atoms with E-state index in [0.29, 0.717) is 9.80 Å². The molecule has 0 bridgehead atoms. The summed E-state index contributed by atoms with van der Waals surface area (Å²) in [5.74, 6) is -20.9. The molecule has 2 aliphatic rings. The summed E-state index contributed by atoms with van der Waals surface area (Å²) < 4.78 is 65.7. The number of rotatable bonds is 7. The summed E-state index contributed by atoms with van der Waals surface area (Å²) in [5, 5.41) is 0. The summed E-state index contributed by atoms with van der Waals surface area (Å²) in [4.78, 5) is 71.8. The fourth-order valence-electron chi connectivity index (χ4n) is 3.23. The van der Waals surface area contributed by atoms with Gasteiger partial charge in [0.15, 0.2) is 0 Å². The lowest BCUT2D eigenvalue weighted by molar-refractivity contribution is -0.228. The lowest BCUT2D eigenvalue weighted by atomic mass is 10.1. The maximum atomic E-state index is 14.3. The van der Waals surface area contributed by atoms with Crippen LogP contribution in [0.4, 0.5) is 28.9 Å². The van der Waals surface area contributed by atoms with Crippen molar-refractivity contribution in [2.24, 2.45) is 0 Å². The molecule has 0 atom stereocenters. The summed E-state index contributed by atoms with van der Waals surface area (Å²) in [6, 6.07) is 7.63. The van der Waals surface area contributed by atoms with Crippen LogP contribution in [-0.4, -0.2) is 47.4 Å². The SMILES string of the molecule is O=C1C=CC(=O)N1c1ccc(OC(=O)C(F)(F)C(F)(F)C(=O)Oc2ccc(N3C(=O)C=CC3=O)cc2)cc1. The summed E-state index contributed by atoms with van der Waals surface area (Å²) in [6.07, 6.45) is 3.94. The zero-order valence-corrected chi connectivity index (χ0v) is 18.6. The highest BCUT2D eigenvalue weighted by atomic mass is 19.3. The van der Waals surface area contributed by atoms with Gasteiger partial charge in [-0.3, -0.25) is 19.2 Å². The van der Waals surface area contributed by atoms with E-state index in [0.717, 1.165) is 72.8 Å². The quantitative estimate of drug-likeness (QED) is 0.230. The Morgan fingerprint density at radius 2 is 0.789 bits per heavy atom. The maximum absolute atomic E-state index is 14.3. The van der Waals surface area contributed by atoms with Gasteiger partial charge in [0, 0.05) is 24.3 Å². The highest BCUT2D eigenvalue weighted by Crippen LogP contribution is 2.37. The normalized spacial score (nSPS) is 15.5. The molecule has 2 aliphatic heterocycles. The second-order valence-corrected chi connectivity index (χ2v) is 7.61. The molecule has 4 amide bonds. The first-order valence-corrected chi connectivity index (χ1v) is 10.4. The number of carbonyl (C=O) groups is 6. The first-order valence-electron chi connectivity index (χ1n) is 10.4. The van der Waals surface area contributed by atoms with Gasteiger partial charge in [0.1, 0.15) is 11.5 Å². The van der Waals surface area contributed by atoms with Gasteiger partial charge < -0.3 is 9.47 Å². The van der Waals surface area contributed by atoms with Gasteiger partial charge in [-0.1, -0.05) is 0 Å². The van der Waals surface area contributed by atoms with Crippen LogP contribution in [0, 0.1) is 0 Å². The van der Waals surface area contributed by atoms with E-state index in [9.17, 15) is 46.3 Å². The number of amides is 4. The predicted molar refractivity (Wildman–Crippen MR) is 117 cm³/mol. The molecule has 0 fully saturated rings. The Morgan fingerprint density at radius 3 is 1.05 bits per heavy atom. The van der Waals surface area contributed by atoms with Crippen LogP contribution < -0.4 is 19.3 Å². The van der Waals surface area contributed by atoms with Crippen molar-refractivity contribution in [2.75, 3.05) is 9.80 Å². The van der Waals surface area contributed by atoms with E-state index in [2.05, 4.69) is 9.47 Å². The number of esters is 2. The number of alkyl halides is 4. The zero-order chi connectivity index (χ0) is 27.8. The number of imide groups is 2. The predicted octanol–water partition coefficient (Wildman–Crippen LogP) is 2.33. The van der Waals surface area contributed by atoms with E-state index in [1.165, 1.54) is 0 Å². The molecular formula is C24H12F4N2O8. The van der Waals surface area contributed by atoms with Crippen LogP contribution in [0.5, 0.6) is 11.5 Å². The van der Waals surface area contributed by atoms with E-state index in [-0.39, 0.29) is 11.4 Å². The van der Waals surface area contributed by atoms with E-state index in [4.69, 9.17) is 0 Å². The second-order valence-electron chi connectivity index (χ2n) is 7.61. The average Bonchev–Trinajstić information content (AvgIpc) is 3.39. The third kappa shape index (κ3) is 4.54. The Hall–Kier alpha value is -5.14. The van der Waals surface area contributed by atoms with Crippen LogP contribution in [0.15, 0.2) is 72.8 Å². The Kier molecular flexibility index (Phi) is 6.41.